The quantitative estimate of drug-likeness (QED) is 0.400. The van der Waals surface area contributed by atoms with Gasteiger partial charge in [0.1, 0.15) is 17.8 Å². The van der Waals surface area contributed by atoms with Gasteiger partial charge in [0.2, 0.25) is 11.8 Å². The van der Waals surface area contributed by atoms with E-state index >= 15 is 0 Å². The Morgan fingerprint density at radius 2 is 1.87 bits per heavy atom. The van der Waals surface area contributed by atoms with Crippen LogP contribution in [0.1, 0.15) is 11.5 Å². The van der Waals surface area contributed by atoms with Gasteiger partial charge < -0.3 is 18.5 Å². The van der Waals surface area contributed by atoms with E-state index in [0.29, 0.717) is 31.4 Å². The van der Waals surface area contributed by atoms with E-state index in [9.17, 15) is 4.39 Å². The summed E-state index contributed by atoms with van der Waals surface area (Å²) >= 11 is 1.53. The molecule has 0 saturated carbocycles. The molecular weight excluding hydrogens is 421 g/mol. The van der Waals surface area contributed by atoms with Gasteiger partial charge >= 0.3 is 0 Å². The normalized spacial score (nSPS) is 14.3. The molecule has 1 aromatic carbocycles. The van der Waals surface area contributed by atoms with Gasteiger partial charge in [-0.25, -0.2) is 9.37 Å². The number of benzene rings is 1. The molecule has 0 aliphatic carbocycles. The number of nitrogens with zero attached hydrogens (tertiary/aromatic N) is 5. The number of anilines is 1. The Bertz CT molecular complexity index is 1120. The average Bonchev–Trinajstić information content (AvgIpc) is 3.56. The molecule has 1 aliphatic rings. The summed E-state index contributed by atoms with van der Waals surface area (Å²) in [6.07, 6.45) is 3.27. The Morgan fingerprint density at radius 1 is 1.03 bits per heavy atom. The van der Waals surface area contributed by atoms with Crippen molar-refractivity contribution >= 4 is 17.7 Å². The number of furan rings is 1. The molecule has 3 aromatic heterocycles. The van der Waals surface area contributed by atoms with Crippen molar-refractivity contribution in [3.8, 4) is 11.5 Å². The largest absolute Gasteiger partial charge is 0.467 e. The highest BCUT2D eigenvalue weighted by atomic mass is 32.2. The highest BCUT2D eigenvalue weighted by Gasteiger charge is 2.22. The number of hydrogen-bond donors (Lipinski definition) is 0. The molecule has 1 saturated heterocycles. The summed E-state index contributed by atoms with van der Waals surface area (Å²) in [7, 11) is 0. The maximum absolute atomic E-state index is 13.1. The predicted molar refractivity (Wildman–Crippen MR) is 112 cm³/mol. The molecule has 31 heavy (non-hydrogen) atoms. The minimum absolute atomic E-state index is 0.293. The summed E-state index contributed by atoms with van der Waals surface area (Å²) in [5, 5.41) is 9.62. The van der Waals surface area contributed by atoms with Gasteiger partial charge in [0.15, 0.2) is 5.16 Å². The lowest BCUT2D eigenvalue weighted by Gasteiger charge is -2.27. The van der Waals surface area contributed by atoms with Crippen LogP contribution in [0.4, 0.5) is 10.3 Å². The summed E-state index contributed by atoms with van der Waals surface area (Å²) < 4.78 is 31.8. The first-order chi connectivity index (χ1) is 15.3. The van der Waals surface area contributed by atoms with Crippen molar-refractivity contribution in [3.05, 3.63) is 66.2 Å². The van der Waals surface area contributed by atoms with Gasteiger partial charge in [-0.3, -0.25) is 4.57 Å². The van der Waals surface area contributed by atoms with E-state index in [4.69, 9.17) is 13.6 Å². The fraction of sp³-hybridized carbons (Fsp3) is 0.286. The Kier molecular flexibility index (Phi) is 5.72. The zero-order valence-corrected chi connectivity index (χ0v) is 17.4. The van der Waals surface area contributed by atoms with Crippen molar-refractivity contribution in [2.75, 3.05) is 31.2 Å². The first kappa shape index (κ1) is 19.8. The molecule has 10 heteroatoms. The lowest BCUT2D eigenvalue weighted by Crippen LogP contribution is -2.38. The third-order valence-corrected chi connectivity index (χ3v) is 5.88. The lowest BCUT2D eigenvalue weighted by molar-refractivity contribution is 0.121. The van der Waals surface area contributed by atoms with E-state index in [-0.39, 0.29) is 5.82 Å². The van der Waals surface area contributed by atoms with E-state index in [1.54, 1.807) is 24.7 Å². The van der Waals surface area contributed by atoms with Crippen LogP contribution in [0.5, 0.6) is 0 Å². The van der Waals surface area contributed by atoms with Crippen molar-refractivity contribution in [1.82, 2.24) is 19.7 Å². The molecule has 160 valence electrons. The van der Waals surface area contributed by atoms with Gasteiger partial charge in [-0.05, 0) is 36.4 Å². The Hall–Kier alpha value is -3.11. The number of thioether (sulfide) groups is 1. The number of aromatic nitrogens is 4. The van der Waals surface area contributed by atoms with Crippen LogP contribution in [-0.4, -0.2) is 46.1 Å². The van der Waals surface area contributed by atoms with E-state index in [2.05, 4.69) is 24.6 Å². The van der Waals surface area contributed by atoms with Gasteiger partial charge in [0.25, 0.3) is 0 Å². The Balaban J connectivity index is 1.34. The van der Waals surface area contributed by atoms with Crippen LogP contribution in [-0.2, 0) is 17.0 Å². The molecule has 8 nitrogen and oxygen atoms in total. The molecule has 0 amide bonds. The topological polar surface area (TPSA) is 82.4 Å². The summed E-state index contributed by atoms with van der Waals surface area (Å²) in [5.41, 5.74) is 1.50. The second-order valence-electron chi connectivity index (χ2n) is 6.99. The molecule has 1 aliphatic heterocycles. The molecular formula is C21H20FN5O3S. The number of ether oxygens (including phenoxy) is 1. The van der Waals surface area contributed by atoms with Crippen LogP contribution in [0.25, 0.3) is 11.5 Å². The van der Waals surface area contributed by atoms with Crippen LogP contribution in [0.2, 0.25) is 0 Å². The fourth-order valence-electron chi connectivity index (χ4n) is 3.32. The maximum Gasteiger partial charge on any atom is 0.228 e. The molecule has 0 N–H and O–H groups in total. The van der Waals surface area contributed by atoms with Crippen molar-refractivity contribution in [1.29, 1.82) is 0 Å². The summed E-state index contributed by atoms with van der Waals surface area (Å²) in [4.78, 5) is 6.69. The van der Waals surface area contributed by atoms with Crippen molar-refractivity contribution in [2.45, 2.75) is 17.5 Å². The molecule has 0 atom stereocenters. The van der Waals surface area contributed by atoms with E-state index < -0.39 is 0 Å². The first-order valence-electron chi connectivity index (χ1n) is 9.88. The molecule has 5 rings (SSSR count). The van der Waals surface area contributed by atoms with Gasteiger partial charge in [-0.15, -0.1) is 10.2 Å². The SMILES string of the molecule is Fc1ccc(-c2nc(CSc3nnc(N4CCOCC4)n3Cc3ccco3)co2)cc1. The van der Waals surface area contributed by atoms with Gasteiger partial charge in [0.05, 0.1) is 31.7 Å². The van der Waals surface area contributed by atoms with Crippen molar-refractivity contribution in [3.63, 3.8) is 0 Å². The summed E-state index contributed by atoms with van der Waals surface area (Å²) in [6.45, 7) is 3.41. The molecule has 0 radical (unpaired) electrons. The van der Waals surface area contributed by atoms with Crippen LogP contribution >= 0.6 is 11.8 Å². The minimum Gasteiger partial charge on any atom is -0.467 e. The van der Waals surface area contributed by atoms with Crippen molar-refractivity contribution < 1.29 is 18.0 Å². The van der Waals surface area contributed by atoms with Crippen LogP contribution in [0.3, 0.4) is 0 Å². The number of oxazole rings is 1. The fourth-order valence-corrected chi connectivity index (χ4v) is 4.13. The van der Waals surface area contributed by atoms with Gasteiger partial charge in [-0.1, -0.05) is 11.8 Å². The highest BCUT2D eigenvalue weighted by molar-refractivity contribution is 7.98. The molecule has 4 aromatic rings. The number of halogens is 1. The summed E-state index contributed by atoms with van der Waals surface area (Å²) in [6, 6.07) is 9.87. The third kappa shape index (κ3) is 4.49. The molecule has 0 spiro atoms. The zero-order chi connectivity index (χ0) is 21.0. The van der Waals surface area contributed by atoms with E-state index in [1.165, 1.54) is 23.9 Å². The Morgan fingerprint density at radius 3 is 2.65 bits per heavy atom. The zero-order valence-electron chi connectivity index (χ0n) is 16.6. The Labute approximate surface area is 182 Å². The molecule has 1 fully saturated rings. The minimum atomic E-state index is -0.293. The molecule has 0 unspecified atom stereocenters. The number of morpholine rings is 1. The second-order valence-corrected chi connectivity index (χ2v) is 7.93. The van der Waals surface area contributed by atoms with E-state index in [1.807, 2.05) is 12.1 Å². The summed E-state index contributed by atoms with van der Waals surface area (Å²) in [5.74, 6) is 2.36. The monoisotopic (exact) mass is 441 g/mol. The van der Waals surface area contributed by atoms with Gasteiger partial charge in [0, 0.05) is 24.4 Å². The smallest absolute Gasteiger partial charge is 0.228 e. The molecule has 0 bridgehead atoms. The van der Waals surface area contributed by atoms with Crippen LogP contribution in [0, 0.1) is 5.82 Å². The van der Waals surface area contributed by atoms with E-state index in [0.717, 1.165) is 41.2 Å². The van der Waals surface area contributed by atoms with Crippen LogP contribution < -0.4 is 4.90 Å². The number of rotatable bonds is 7. The lowest BCUT2D eigenvalue weighted by atomic mass is 10.2. The standard InChI is InChI=1S/C21H20FN5O3S/c22-16-5-3-15(4-6-16)19-23-17(13-30-19)14-31-21-25-24-20(26-7-10-28-11-8-26)27(21)12-18-2-1-9-29-18/h1-6,9,13H,7-8,10-12,14H2. The maximum atomic E-state index is 13.1. The second kappa shape index (κ2) is 8.94. The average molecular weight is 441 g/mol. The van der Waals surface area contributed by atoms with Crippen molar-refractivity contribution in [2.24, 2.45) is 0 Å². The highest BCUT2D eigenvalue weighted by Crippen LogP contribution is 2.28. The predicted octanol–water partition coefficient (Wildman–Crippen LogP) is 3.84. The number of hydrogen-bond acceptors (Lipinski definition) is 8. The molecule has 4 heterocycles. The van der Waals surface area contributed by atoms with Gasteiger partial charge in [-0.2, -0.15) is 0 Å². The van der Waals surface area contributed by atoms with Crippen LogP contribution in [0.15, 0.2) is 62.9 Å². The first-order valence-corrected chi connectivity index (χ1v) is 10.9. The third-order valence-electron chi connectivity index (χ3n) is 4.88.